The second-order valence-electron chi connectivity index (χ2n) is 6.10. The first-order valence-corrected chi connectivity index (χ1v) is 9.83. The van der Waals surface area contributed by atoms with Gasteiger partial charge in [0.2, 0.25) is 0 Å². The number of hydrogen-bond donors (Lipinski definition) is 3. The summed E-state index contributed by atoms with van der Waals surface area (Å²) in [5, 5.41) is 2.69. The summed E-state index contributed by atoms with van der Waals surface area (Å²) in [7, 11) is -3.98. The van der Waals surface area contributed by atoms with E-state index in [1.807, 2.05) is 13.8 Å². The highest BCUT2D eigenvalue weighted by Crippen LogP contribution is 2.21. The Hall–Kier alpha value is -2.88. The third kappa shape index (κ3) is 4.85. The molecule has 9 nitrogen and oxygen atoms in total. The van der Waals surface area contributed by atoms with Gasteiger partial charge in [-0.3, -0.25) is 9.69 Å². The molecule has 0 bridgehead atoms. The van der Waals surface area contributed by atoms with E-state index in [0.717, 1.165) is 11.1 Å². The van der Waals surface area contributed by atoms with Crippen molar-refractivity contribution in [3.63, 3.8) is 0 Å². The number of amides is 5. The Morgan fingerprint density at radius 3 is 2.37 bits per heavy atom. The zero-order valence-electron chi connectivity index (χ0n) is 15.1. The SMILES string of the molecule is CCC1=C(C)CN(C(=O)NCCc2ccc(S(=O)(=O)NC(N)=O)cc2)C1=O. The summed E-state index contributed by atoms with van der Waals surface area (Å²) in [5.74, 6) is -0.260. The van der Waals surface area contributed by atoms with Gasteiger partial charge in [-0.1, -0.05) is 19.1 Å². The summed E-state index contributed by atoms with van der Waals surface area (Å²) in [5.41, 5.74) is 7.18. The van der Waals surface area contributed by atoms with Crippen molar-refractivity contribution in [2.24, 2.45) is 5.73 Å². The van der Waals surface area contributed by atoms with E-state index >= 15 is 0 Å². The van der Waals surface area contributed by atoms with Crippen LogP contribution in [0.1, 0.15) is 25.8 Å². The Morgan fingerprint density at radius 1 is 1.22 bits per heavy atom. The van der Waals surface area contributed by atoms with Gasteiger partial charge in [-0.25, -0.2) is 22.7 Å². The van der Waals surface area contributed by atoms with E-state index in [2.05, 4.69) is 5.32 Å². The first kappa shape index (κ1) is 20.4. The maximum atomic E-state index is 12.2. The number of nitrogens with zero attached hydrogens (tertiary/aromatic N) is 1. The van der Waals surface area contributed by atoms with Gasteiger partial charge in [0.15, 0.2) is 0 Å². The van der Waals surface area contributed by atoms with Crippen LogP contribution in [-0.4, -0.2) is 44.4 Å². The second-order valence-corrected chi connectivity index (χ2v) is 7.78. The fraction of sp³-hybridized carbons (Fsp3) is 0.353. The molecule has 1 heterocycles. The summed E-state index contributed by atoms with van der Waals surface area (Å²) in [4.78, 5) is 36.1. The van der Waals surface area contributed by atoms with Crippen molar-refractivity contribution < 1.29 is 22.8 Å². The van der Waals surface area contributed by atoms with Gasteiger partial charge in [-0.15, -0.1) is 0 Å². The molecule has 146 valence electrons. The maximum Gasteiger partial charge on any atom is 0.326 e. The minimum absolute atomic E-state index is 0.0922. The van der Waals surface area contributed by atoms with Crippen molar-refractivity contribution in [3.8, 4) is 0 Å². The number of nitrogens with two attached hydrogens (primary N) is 1. The van der Waals surface area contributed by atoms with Crippen molar-refractivity contribution in [1.82, 2.24) is 14.9 Å². The second kappa shape index (κ2) is 8.21. The summed E-state index contributed by atoms with van der Waals surface area (Å²) >= 11 is 0. The number of benzene rings is 1. The lowest BCUT2D eigenvalue weighted by Gasteiger charge is -2.16. The van der Waals surface area contributed by atoms with Crippen LogP contribution in [0.4, 0.5) is 9.59 Å². The summed E-state index contributed by atoms with van der Waals surface area (Å²) in [6.45, 7) is 4.30. The number of carbonyl (C=O) groups excluding carboxylic acids is 3. The maximum absolute atomic E-state index is 12.2. The van der Waals surface area contributed by atoms with Gasteiger partial charge >= 0.3 is 12.1 Å². The molecule has 0 saturated heterocycles. The molecule has 0 saturated carbocycles. The number of nitrogens with one attached hydrogen (secondary N) is 2. The Kier molecular flexibility index (Phi) is 6.21. The number of hydrogen-bond acceptors (Lipinski definition) is 5. The fourth-order valence-corrected chi connectivity index (χ4v) is 3.68. The highest BCUT2D eigenvalue weighted by Gasteiger charge is 2.31. The van der Waals surface area contributed by atoms with Crippen LogP contribution in [0.3, 0.4) is 0 Å². The largest absolute Gasteiger partial charge is 0.351 e. The number of sulfonamides is 1. The normalized spacial score (nSPS) is 14.4. The highest BCUT2D eigenvalue weighted by atomic mass is 32.2. The molecule has 0 unspecified atom stereocenters. The highest BCUT2D eigenvalue weighted by molar-refractivity contribution is 7.90. The molecule has 5 amide bonds. The Morgan fingerprint density at radius 2 is 1.85 bits per heavy atom. The van der Waals surface area contributed by atoms with Crippen LogP contribution in [0.15, 0.2) is 40.3 Å². The van der Waals surface area contributed by atoms with E-state index in [1.165, 1.54) is 17.0 Å². The summed E-state index contributed by atoms with van der Waals surface area (Å²) in [6, 6.07) is 4.22. The van der Waals surface area contributed by atoms with Gasteiger partial charge in [0.25, 0.3) is 15.9 Å². The van der Waals surface area contributed by atoms with Gasteiger partial charge in [-0.2, -0.15) is 0 Å². The predicted octanol–water partition coefficient (Wildman–Crippen LogP) is 0.864. The lowest BCUT2D eigenvalue weighted by atomic mass is 10.1. The van der Waals surface area contributed by atoms with Gasteiger partial charge in [0, 0.05) is 12.1 Å². The van der Waals surface area contributed by atoms with Crippen molar-refractivity contribution in [3.05, 3.63) is 41.0 Å². The fourth-order valence-electron chi connectivity index (χ4n) is 2.80. The molecule has 1 aromatic carbocycles. The lowest BCUT2D eigenvalue weighted by Crippen LogP contribution is -2.42. The van der Waals surface area contributed by atoms with Gasteiger partial charge in [0.1, 0.15) is 0 Å². The molecule has 27 heavy (non-hydrogen) atoms. The monoisotopic (exact) mass is 394 g/mol. The molecule has 0 atom stereocenters. The first-order chi connectivity index (χ1) is 12.7. The summed E-state index contributed by atoms with van der Waals surface area (Å²) in [6.07, 6.45) is 1.04. The molecule has 0 aliphatic carbocycles. The Bertz CT molecular complexity index is 890. The van der Waals surface area contributed by atoms with E-state index < -0.39 is 22.1 Å². The van der Waals surface area contributed by atoms with Crippen LogP contribution in [0, 0.1) is 0 Å². The molecule has 1 aliphatic heterocycles. The van der Waals surface area contributed by atoms with Crippen molar-refractivity contribution in [1.29, 1.82) is 0 Å². The number of imide groups is 1. The van der Waals surface area contributed by atoms with Crippen LogP contribution in [0.2, 0.25) is 0 Å². The number of urea groups is 2. The average molecular weight is 394 g/mol. The molecule has 2 rings (SSSR count). The van der Waals surface area contributed by atoms with E-state index in [9.17, 15) is 22.8 Å². The minimum atomic E-state index is -3.98. The molecule has 1 aromatic rings. The molecular formula is C17H22N4O5S. The van der Waals surface area contributed by atoms with Crippen LogP contribution in [-0.2, 0) is 21.2 Å². The van der Waals surface area contributed by atoms with Gasteiger partial charge in [-0.05, 0) is 43.0 Å². The average Bonchev–Trinajstić information content (AvgIpc) is 2.88. The third-order valence-corrected chi connectivity index (χ3v) is 5.53. The zero-order chi connectivity index (χ0) is 20.2. The lowest BCUT2D eigenvalue weighted by molar-refractivity contribution is -0.123. The zero-order valence-corrected chi connectivity index (χ0v) is 15.9. The Balaban J connectivity index is 1.88. The molecule has 10 heteroatoms. The molecule has 1 aliphatic rings. The van der Waals surface area contributed by atoms with E-state index in [0.29, 0.717) is 25.0 Å². The summed E-state index contributed by atoms with van der Waals surface area (Å²) < 4.78 is 25.3. The van der Waals surface area contributed by atoms with Crippen molar-refractivity contribution >= 4 is 28.0 Å². The van der Waals surface area contributed by atoms with Crippen molar-refractivity contribution in [2.75, 3.05) is 13.1 Å². The van der Waals surface area contributed by atoms with Gasteiger partial charge < -0.3 is 11.1 Å². The predicted molar refractivity (Wildman–Crippen MR) is 98.2 cm³/mol. The molecule has 0 radical (unpaired) electrons. The quantitative estimate of drug-likeness (QED) is 0.657. The minimum Gasteiger partial charge on any atom is -0.351 e. The molecule has 4 N–H and O–H groups in total. The van der Waals surface area contributed by atoms with Crippen LogP contribution < -0.4 is 15.8 Å². The molecule has 0 aromatic heterocycles. The standard InChI is InChI=1S/C17H22N4O5S/c1-3-14-11(2)10-21(15(14)22)17(24)19-9-8-12-4-6-13(7-5-12)27(25,26)20-16(18)23/h4-7H,3,8-10H2,1-2H3,(H,19,24)(H3,18,20,23). The molecule has 0 fully saturated rings. The van der Waals surface area contributed by atoms with Crippen LogP contribution in [0.25, 0.3) is 0 Å². The van der Waals surface area contributed by atoms with Crippen LogP contribution in [0.5, 0.6) is 0 Å². The number of rotatable bonds is 6. The number of primary amides is 1. The van der Waals surface area contributed by atoms with Gasteiger partial charge in [0.05, 0.1) is 11.4 Å². The van der Waals surface area contributed by atoms with Crippen LogP contribution >= 0.6 is 0 Å². The third-order valence-electron chi connectivity index (χ3n) is 4.17. The van der Waals surface area contributed by atoms with E-state index in [1.54, 1.807) is 16.9 Å². The molecule has 0 spiro atoms. The Labute approximate surface area is 157 Å². The van der Waals surface area contributed by atoms with E-state index in [-0.39, 0.29) is 17.3 Å². The smallest absolute Gasteiger partial charge is 0.326 e. The first-order valence-electron chi connectivity index (χ1n) is 8.35. The number of carbonyl (C=O) groups is 3. The van der Waals surface area contributed by atoms with E-state index in [4.69, 9.17) is 5.73 Å². The van der Waals surface area contributed by atoms with Crippen molar-refractivity contribution in [2.45, 2.75) is 31.6 Å². The molecular weight excluding hydrogens is 372 g/mol. The topological polar surface area (TPSA) is 139 Å².